The first-order chi connectivity index (χ1) is 14.7. The maximum Gasteiger partial charge on any atom is 0.253 e. The number of aromatic nitrogens is 1. The van der Waals surface area contributed by atoms with Crippen LogP contribution in [0, 0.1) is 0 Å². The van der Waals surface area contributed by atoms with Crippen molar-refractivity contribution in [3.8, 4) is 5.75 Å². The Morgan fingerprint density at radius 1 is 1.27 bits per heavy atom. The molecule has 2 aliphatic rings. The summed E-state index contributed by atoms with van der Waals surface area (Å²) in [6, 6.07) is 10.1. The quantitative estimate of drug-likeness (QED) is 0.723. The van der Waals surface area contributed by atoms with Gasteiger partial charge in [0.25, 0.3) is 5.91 Å². The number of nitrogens with one attached hydrogen (secondary N) is 1. The molecule has 0 radical (unpaired) electrons. The third kappa shape index (κ3) is 5.56. The fourth-order valence-corrected chi connectivity index (χ4v) is 3.98. The van der Waals surface area contributed by atoms with E-state index in [9.17, 15) is 9.90 Å². The monoisotopic (exact) mass is 411 g/mol. The van der Waals surface area contributed by atoms with Crippen LogP contribution in [0.4, 0.5) is 0 Å². The third-order valence-electron chi connectivity index (χ3n) is 5.62. The highest BCUT2D eigenvalue weighted by Crippen LogP contribution is 2.19. The Morgan fingerprint density at radius 2 is 2.07 bits per heavy atom. The van der Waals surface area contributed by atoms with Crippen LogP contribution in [0.2, 0.25) is 0 Å². The molecule has 4 rings (SSSR count). The topological polar surface area (TPSA) is 83.9 Å². The van der Waals surface area contributed by atoms with Gasteiger partial charge in [-0.25, -0.2) is 0 Å². The Morgan fingerprint density at radius 3 is 2.90 bits per heavy atom. The maximum absolute atomic E-state index is 12.5. The first kappa shape index (κ1) is 20.8. The largest absolute Gasteiger partial charge is 0.489 e. The highest BCUT2D eigenvalue weighted by Gasteiger charge is 2.20. The molecule has 0 bridgehead atoms. The van der Waals surface area contributed by atoms with E-state index in [0.29, 0.717) is 31.1 Å². The Kier molecular flexibility index (Phi) is 6.94. The summed E-state index contributed by atoms with van der Waals surface area (Å²) in [4.78, 5) is 18.8. The van der Waals surface area contributed by atoms with Crippen molar-refractivity contribution >= 4 is 5.91 Å². The van der Waals surface area contributed by atoms with Gasteiger partial charge in [-0.1, -0.05) is 24.3 Å². The zero-order chi connectivity index (χ0) is 20.8. The van der Waals surface area contributed by atoms with Crippen LogP contribution in [0.25, 0.3) is 0 Å². The van der Waals surface area contributed by atoms with Crippen molar-refractivity contribution in [1.82, 2.24) is 15.2 Å². The van der Waals surface area contributed by atoms with Crippen LogP contribution in [0.3, 0.4) is 0 Å². The van der Waals surface area contributed by atoms with E-state index in [2.05, 4.69) is 33.4 Å². The molecule has 1 aromatic carbocycles. The number of ether oxygens (including phenoxy) is 2. The minimum absolute atomic E-state index is 0.0929. The van der Waals surface area contributed by atoms with Crippen molar-refractivity contribution in [2.75, 3.05) is 32.8 Å². The second kappa shape index (κ2) is 10.0. The summed E-state index contributed by atoms with van der Waals surface area (Å²) in [6.45, 7) is 3.85. The molecule has 2 aliphatic heterocycles. The summed E-state index contributed by atoms with van der Waals surface area (Å²) in [5, 5.41) is 13.2. The molecule has 1 fully saturated rings. The molecule has 0 aliphatic carbocycles. The number of aliphatic hydroxyl groups excluding tert-OH is 1. The molecule has 2 aromatic rings. The van der Waals surface area contributed by atoms with Gasteiger partial charge >= 0.3 is 0 Å². The number of carbonyl (C=O) groups is 1. The van der Waals surface area contributed by atoms with Crippen molar-refractivity contribution in [2.45, 2.75) is 38.0 Å². The second-order valence-electron chi connectivity index (χ2n) is 7.96. The van der Waals surface area contributed by atoms with Gasteiger partial charge in [0, 0.05) is 45.2 Å². The van der Waals surface area contributed by atoms with Crippen LogP contribution >= 0.6 is 0 Å². The van der Waals surface area contributed by atoms with Crippen LogP contribution in [0.15, 0.2) is 42.7 Å². The maximum atomic E-state index is 12.5. The van der Waals surface area contributed by atoms with Gasteiger partial charge in [-0.05, 0) is 23.6 Å². The summed E-state index contributed by atoms with van der Waals surface area (Å²) in [6.07, 6.45) is 5.26. The number of fused-ring (bicyclic) bond motifs is 1. The molecule has 1 saturated heterocycles. The minimum atomic E-state index is -0.631. The SMILES string of the molecule is O=C(NCC(O)CN1CCc2ccccc2C1)c1cncc(OC2CCOCC2)c1. The van der Waals surface area contributed by atoms with Crippen molar-refractivity contribution in [3.63, 3.8) is 0 Å². The number of β-amino-alcohol motifs (C(OH)–C–C–N with tert-alkyl or cyclic N) is 1. The van der Waals surface area contributed by atoms with Gasteiger partial charge in [-0.3, -0.25) is 14.7 Å². The number of pyridine rings is 1. The average Bonchev–Trinajstić information content (AvgIpc) is 2.78. The van der Waals surface area contributed by atoms with Crippen molar-refractivity contribution in [2.24, 2.45) is 0 Å². The number of hydrogen-bond acceptors (Lipinski definition) is 6. The summed E-state index contributed by atoms with van der Waals surface area (Å²) < 4.78 is 11.3. The second-order valence-corrected chi connectivity index (χ2v) is 7.96. The lowest BCUT2D eigenvalue weighted by Crippen LogP contribution is -2.42. The van der Waals surface area contributed by atoms with Gasteiger partial charge < -0.3 is 19.9 Å². The number of nitrogens with zero attached hydrogens (tertiary/aromatic N) is 2. The third-order valence-corrected chi connectivity index (χ3v) is 5.62. The van der Waals surface area contributed by atoms with Crippen LogP contribution in [0.1, 0.15) is 34.3 Å². The number of amides is 1. The Balaban J connectivity index is 1.24. The van der Waals surface area contributed by atoms with Crippen LogP contribution in [-0.2, 0) is 17.7 Å². The lowest BCUT2D eigenvalue weighted by atomic mass is 10.00. The predicted molar refractivity (Wildman–Crippen MR) is 112 cm³/mol. The van der Waals surface area contributed by atoms with Gasteiger partial charge in [0.05, 0.1) is 31.1 Å². The van der Waals surface area contributed by atoms with Gasteiger partial charge in [-0.2, -0.15) is 0 Å². The molecule has 3 heterocycles. The molecule has 0 spiro atoms. The molecule has 1 aromatic heterocycles. The number of benzene rings is 1. The van der Waals surface area contributed by atoms with Crippen molar-refractivity contribution in [1.29, 1.82) is 0 Å². The van der Waals surface area contributed by atoms with E-state index in [1.54, 1.807) is 12.3 Å². The van der Waals surface area contributed by atoms with Crippen molar-refractivity contribution < 1.29 is 19.4 Å². The lowest BCUT2D eigenvalue weighted by molar-refractivity contribution is 0.0254. The lowest BCUT2D eigenvalue weighted by Gasteiger charge is -2.30. The summed E-state index contributed by atoms with van der Waals surface area (Å²) >= 11 is 0. The first-order valence-corrected chi connectivity index (χ1v) is 10.6. The van der Waals surface area contributed by atoms with E-state index in [0.717, 1.165) is 32.4 Å². The first-order valence-electron chi connectivity index (χ1n) is 10.6. The number of aliphatic hydroxyl groups is 1. The molecule has 7 heteroatoms. The Hall–Kier alpha value is -2.48. The zero-order valence-corrected chi connectivity index (χ0v) is 17.1. The van der Waals surface area contributed by atoms with Gasteiger partial charge in [0.15, 0.2) is 0 Å². The van der Waals surface area contributed by atoms with Crippen molar-refractivity contribution in [3.05, 3.63) is 59.4 Å². The fourth-order valence-electron chi connectivity index (χ4n) is 3.98. The van der Waals surface area contributed by atoms with E-state index < -0.39 is 6.10 Å². The zero-order valence-electron chi connectivity index (χ0n) is 17.1. The summed E-state index contributed by atoms with van der Waals surface area (Å²) in [7, 11) is 0. The molecule has 1 amide bonds. The number of hydrogen-bond donors (Lipinski definition) is 2. The standard InChI is InChI=1S/C23H29N3O4/c27-20(16-26-8-5-17-3-1-2-4-18(17)15-26)13-25-23(28)19-11-22(14-24-12-19)30-21-6-9-29-10-7-21/h1-4,11-12,14,20-21,27H,5-10,13,15-16H2,(H,25,28). The highest BCUT2D eigenvalue weighted by molar-refractivity contribution is 5.94. The fraction of sp³-hybridized carbons (Fsp3) is 0.478. The molecule has 7 nitrogen and oxygen atoms in total. The van der Waals surface area contributed by atoms with E-state index in [1.165, 1.54) is 17.3 Å². The van der Waals surface area contributed by atoms with Crippen LogP contribution in [-0.4, -0.2) is 66.0 Å². The predicted octanol–water partition coefficient (Wildman–Crippen LogP) is 1.79. The molecule has 1 unspecified atom stereocenters. The summed E-state index contributed by atoms with van der Waals surface area (Å²) in [5.74, 6) is 0.324. The molecule has 2 N–H and O–H groups in total. The molecule has 30 heavy (non-hydrogen) atoms. The van der Waals surface area contributed by atoms with E-state index in [1.807, 2.05) is 6.07 Å². The Labute approximate surface area is 177 Å². The van der Waals surface area contributed by atoms with Crippen LogP contribution in [0.5, 0.6) is 5.75 Å². The number of rotatable bonds is 7. The van der Waals surface area contributed by atoms with Gasteiger partial charge in [-0.15, -0.1) is 0 Å². The van der Waals surface area contributed by atoms with Crippen LogP contribution < -0.4 is 10.1 Å². The smallest absolute Gasteiger partial charge is 0.253 e. The van der Waals surface area contributed by atoms with E-state index in [-0.39, 0.29) is 18.6 Å². The normalized spacial score (nSPS) is 18.4. The number of carbonyl (C=O) groups excluding carboxylic acids is 1. The summed E-state index contributed by atoms with van der Waals surface area (Å²) in [5.41, 5.74) is 3.12. The van der Waals surface area contributed by atoms with E-state index in [4.69, 9.17) is 9.47 Å². The molecule has 0 saturated carbocycles. The molecular formula is C23H29N3O4. The van der Waals surface area contributed by atoms with Gasteiger partial charge in [0.2, 0.25) is 0 Å². The minimum Gasteiger partial charge on any atom is -0.489 e. The molecule has 160 valence electrons. The van der Waals surface area contributed by atoms with E-state index >= 15 is 0 Å². The van der Waals surface area contributed by atoms with Gasteiger partial charge in [0.1, 0.15) is 11.9 Å². The highest BCUT2D eigenvalue weighted by atomic mass is 16.5. The molecule has 1 atom stereocenters. The Bertz CT molecular complexity index is 854. The average molecular weight is 412 g/mol. The molecular weight excluding hydrogens is 382 g/mol.